The highest BCUT2D eigenvalue weighted by Crippen LogP contribution is 2.24. The third-order valence-corrected chi connectivity index (χ3v) is 3.88. The van der Waals surface area contributed by atoms with E-state index in [4.69, 9.17) is 5.73 Å². The number of amides is 1. The average molecular weight is 329 g/mol. The second kappa shape index (κ2) is 7.34. The molecule has 0 atom stereocenters. The molecule has 0 aliphatic carbocycles. The van der Waals surface area contributed by atoms with Crippen LogP contribution in [0.5, 0.6) is 0 Å². The first kappa shape index (κ1) is 17.8. The monoisotopic (exact) mass is 329 g/mol. The van der Waals surface area contributed by atoms with Crippen LogP contribution in [-0.2, 0) is 6.54 Å². The number of nitrogens with two attached hydrogens (primary N) is 1. The Morgan fingerprint density at radius 3 is 2.46 bits per heavy atom. The van der Waals surface area contributed by atoms with Crippen molar-refractivity contribution in [3.8, 4) is 0 Å². The summed E-state index contributed by atoms with van der Waals surface area (Å²) in [6.45, 7) is 4.29. The fourth-order valence-corrected chi connectivity index (χ4v) is 2.63. The minimum Gasteiger partial charge on any atom is -0.399 e. The molecule has 128 valence electrons. The number of benzene rings is 2. The lowest BCUT2D eigenvalue weighted by molar-refractivity contribution is 0.0690. The number of hydrogen-bond donors (Lipinski definition) is 1. The summed E-state index contributed by atoms with van der Waals surface area (Å²) >= 11 is 0. The van der Waals surface area contributed by atoms with Gasteiger partial charge in [0.1, 0.15) is 5.82 Å². The maximum Gasteiger partial charge on any atom is 0.254 e. The zero-order chi connectivity index (χ0) is 17.9. The van der Waals surface area contributed by atoms with E-state index in [-0.39, 0.29) is 11.9 Å². The molecule has 2 aromatic rings. The van der Waals surface area contributed by atoms with Crippen molar-refractivity contribution in [2.24, 2.45) is 0 Å². The minimum absolute atomic E-state index is 0.0304. The van der Waals surface area contributed by atoms with E-state index in [1.54, 1.807) is 17.0 Å². The molecule has 0 fully saturated rings. The second-order valence-corrected chi connectivity index (χ2v) is 6.32. The standard InChI is InChI=1S/C19H24FN3O/c1-13(2)23(19(24)14-6-5-7-16(20)10-14)12-15-11-17(21)8-9-18(15)22(3)4/h5-11,13H,12,21H2,1-4H3. The number of nitrogens with zero attached hydrogens (tertiary/aromatic N) is 2. The van der Waals surface area contributed by atoms with Crippen LogP contribution in [-0.4, -0.2) is 30.9 Å². The predicted octanol–water partition coefficient (Wildman–Crippen LogP) is 3.52. The van der Waals surface area contributed by atoms with E-state index in [0.717, 1.165) is 11.3 Å². The molecule has 0 saturated carbocycles. The van der Waals surface area contributed by atoms with E-state index in [2.05, 4.69) is 0 Å². The molecule has 0 bridgehead atoms. The van der Waals surface area contributed by atoms with Crippen LogP contribution in [0.4, 0.5) is 15.8 Å². The predicted molar refractivity (Wildman–Crippen MR) is 96.6 cm³/mol. The lowest BCUT2D eigenvalue weighted by Crippen LogP contribution is -2.36. The van der Waals surface area contributed by atoms with Crippen LogP contribution in [0.25, 0.3) is 0 Å². The van der Waals surface area contributed by atoms with Crippen LogP contribution >= 0.6 is 0 Å². The molecule has 0 heterocycles. The third kappa shape index (κ3) is 4.04. The first-order chi connectivity index (χ1) is 11.3. The van der Waals surface area contributed by atoms with Crippen molar-refractivity contribution in [1.82, 2.24) is 4.90 Å². The van der Waals surface area contributed by atoms with Gasteiger partial charge < -0.3 is 15.5 Å². The molecule has 5 heteroatoms. The van der Waals surface area contributed by atoms with Gasteiger partial charge >= 0.3 is 0 Å². The Balaban J connectivity index is 2.36. The third-order valence-electron chi connectivity index (χ3n) is 3.88. The zero-order valence-corrected chi connectivity index (χ0v) is 14.6. The zero-order valence-electron chi connectivity index (χ0n) is 14.6. The van der Waals surface area contributed by atoms with E-state index in [1.807, 2.05) is 51.0 Å². The summed E-state index contributed by atoms with van der Waals surface area (Å²) < 4.78 is 13.4. The normalized spacial score (nSPS) is 10.8. The molecular weight excluding hydrogens is 305 g/mol. The molecule has 24 heavy (non-hydrogen) atoms. The van der Waals surface area contributed by atoms with Crippen LogP contribution in [0.15, 0.2) is 42.5 Å². The van der Waals surface area contributed by atoms with E-state index in [0.29, 0.717) is 17.8 Å². The Morgan fingerprint density at radius 2 is 1.88 bits per heavy atom. The van der Waals surface area contributed by atoms with Gasteiger partial charge in [0, 0.05) is 43.6 Å². The summed E-state index contributed by atoms with van der Waals surface area (Å²) in [5.74, 6) is -0.612. The van der Waals surface area contributed by atoms with E-state index in [1.165, 1.54) is 12.1 Å². The number of hydrogen-bond acceptors (Lipinski definition) is 3. The first-order valence-corrected chi connectivity index (χ1v) is 7.92. The van der Waals surface area contributed by atoms with Crippen LogP contribution in [0.1, 0.15) is 29.8 Å². The molecule has 0 aliphatic heterocycles. The molecule has 1 amide bonds. The highest BCUT2D eigenvalue weighted by Gasteiger charge is 2.21. The van der Waals surface area contributed by atoms with Crippen molar-refractivity contribution in [3.63, 3.8) is 0 Å². The maximum atomic E-state index is 13.4. The number of carbonyl (C=O) groups is 1. The van der Waals surface area contributed by atoms with Crippen LogP contribution < -0.4 is 10.6 Å². The summed E-state index contributed by atoms with van der Waals surface area (Å²) in [4.78, 5) is 16.5. The lowest BCUT2D eigenvalue weighted by atomic mass is 10.1. The average Bonchev–Trinajstić information content (AvgIpc) is 2.51. The molecule has 0 saturated heterocycles. The first-order valence-electron chi connectivity index (χ1n) is 7.92. The number of anilines is 2. The van der Waals surface area contributed by atoms with Crippen LogP contribution in [0.3, 0.4) is 0 Å². The van der Waals surface area contributed by atoms with Crippen molar-refractivity contribution >= 4 is 17.3 Å². The highest BCUT2D eigenvalue weighted by atomic mass is 19.1. The van der Waals surface area contributed by atoms with Gasteiger partial charge in [0.2, 0.25) is 0 Å². The van der Waals surface area contributed by atoms with Gasteiger partial charge in [0.05, 0.1) is 0 Å². The van der Waals surface area contributed by atoms with E-state index in [9.17, 15) is 9.18 Å². The lowest BCUT2D eigenvalue weighted by Gasteiger charge is -2.29. The van der Waals surface area contributed by atoms with Gasteiger partial charge in [-0.05, 0) is 55.8 Å². The number of nitrogen functional groups attached to an aromatic ring is 1. The van der Waals surface area contributed by atoms with Crippen molar-refractivity contribution in [3.05, 3.63) is 59.4 Å². The Hall–Kier alpha value is -2.56. The number of carbonyl (C=O) groups excluding carboxylic acids is 1. The summed E-state index contributed by atoms with van der Waals surface area (Å²) in [6.07, 6.45) is 0. The molecule has 0 aromatic heterocycles. The van der Waals surface area contributed by atoms with Gasteiger partial charge in [0.15, 0.2) is 0 Å². The molecule has 0 radical (unpaired) electrons. The van der Waals surface area contributed by atoms with Gasteiger partial charge in [0.25, 0.3) is 5.91 Å². The fourth-order valence-electron chi connectivity index (χ4n) is 2.63. The molecule has 0 spiro atoms. The largest absolute Gasteiger partial charge is 0.399 e. The second-order valence-electron chi connectivity index (χ2n) is 6.32. The minimum atomic E-state index is -0.414. The van der Waals surface area contributed by atoms with Gasteiger partial charge in [-0.1, -0.05) is 6.07 Å². The van der Waals surface area contributed by atoms with Crippen molar-refractivity contribution in [1.29, 1.82) is 0 Å². The Kier molecular flexibility index (Phi) is 5.44. The smallest absolute Gasteiger partial charge is 0.254 e. The SMILES string of the molecule is CC(C)N(Cc1cc(N)ccc1N(C)C)C(=O)c1cccc(F)c1. The maximum absolute atomic E-state index is 13.4. The molecule has 2 aromatic carbocycles. The van der Waals surface area contributed by atoms with Crippen molar-refractivity contribution in [2.75, 3.05) is 24.7 Å². The van der Waals surface area contributed by atoms with Gasteiger partial charge in [-0.2, -0.15) is 0 Å². The summed E-state index contributed by atoms with van der Waals surface area (Å²) in [5.41, 5.74) is 8.87. The summed E-state index contributed by atoms with van der Waals surface area (Å²) in [6, 6.07) is 11.4. The number of halogens is 1. The quantitative estimate of drug-likeness (QED) is 0.854. The number of rotatable bonds is 5. The Labute approximate surface area is 142 Å². The summed E-state index contributed by atoms with van der Waals surface area (Å²) in [7, 11) is 3.90. The highest BCUT2D eigenvalue weighted by molar-refractivity contribution is 5.94. The molecule has 2 rings (SSSR count). The van der Waals surface area contributed by atoms with Gasteiger partial charge in [-0.15, -0.1) is 0 Å². The van der Waals surface area contributed by atoms with Crippen LogP contribution in [0.2, 0.25) is 0 Å². The Morgan fingerprint density at radius 1 is 1.17 bits per heavy atom. The Bertz CT molecular complexity index is 728. The van der Waals surface area contributed by atoms with Crippen molar-refractivity contribution < 1.29 is 9.18 Å². The molecule has 0 aliphatic rings. The van der Waals surface area contributed by atoms with E-state index >= 15 is 0 Å². The molecule has 2 N–H and O–H groups in total. The van der Waals surface area contributed by atoms with Crippen molar-refractivity contribution in [2.45, 2.75) is 26.4 Å². The molecule has 4 nitrogen and oxygen atoms in total. The van der Waals surface area contributed by atoms with Gasteiger partial charge in [-0.3, -0.25) is 4.79 Å². The van der Waals surface area contributed by atoms with E-state index < -0.39 is 5.82 Å². The topological polar surface area (TPSA) is 49.6 Å². The van der Waals surface area contributed by atoms with Gasteiger partial charge in [-0.25, -0.2) is 4.39 Å². The molecular formula is C19H24FN3O. The fraction of sp³-hybridized carbons (Fsp3) is 0.316. The summed E-state index contributed by atoms with van der Waals surface area (Å²) in [5, 5.41) is 0. The molecule has 0 unspecified atom stereocenters. The van der Waals surface area contributed by atoms with Crippen LogP contribution in [0, 0.1) is 5.82 Å².